The molecule has 3 unspecified atom stereocenters. The average Bonchev–Trinajstić information content (AvgIpc) is 3.57. The number of nitrogens with one attached hydrogen (secondary N) is 1. The number of tetrazole rings is 1. The Morgan fingerprint density at radius 2 is 2.32 bits per heavy atom. The van der Waals surface area contributed by atoms with Gasteiger partial charge in [-0.1, -0.05) is 18.7 Å². The lowest BCUT2D eigenvalue weighted by atomic mass is 10.1. The van der Waals surface area contributed by atoms with Crippen molar-refractivity contribution < 1.29 is 4.79 Å². The highest BCUT2D eigenvalue weighted by molar-refractivity contribution is 6.01. The Kier molecular flexibility index (Phi) is 4.92. The molecule has 0 aliphatic carbocycles. The third kappa shape index (κ3) is 3.36. The van der Waals surface area contributed by atoms with E-state index < -0.39 is 0 Å². The monoisotopic (exact) mass is 419 g/mol. The van der Waals surface area contributed by atoms with Gasteiger partial charge in [-0.3, -0.25) is 9.69 Å². The predicted molar refractivity (Wildman–Crippen MR) is 113 cm³/mol. The first kappa shape index (κ1) is 19.7. The van der Waals surface area contributed by atoms with E-state index in [-0.39, 0.29) is 30.1 Å². The molecule has 10 nitrogen and oxygen atoms in total. The molecule has 2 aromatic rings. The molecule has 31 heavy (non-hydrogen) atoms. The minimum atomic E-state index is -0.295. The third-order valence-electron chi connectivity index (χ3n) is 6.64. The van der Waals surface area contributed by atoms with E-state index in [9.17, 15) is 10.1 Å². The number of nitriles is 1. The lowest BCUT2D eigenvalue weighted by Crippen LogP contribution is -2.54. The number of hydrogen-bond acceptors (Lipinski definition) is 8. The van der Waals surface area contributed by atoms with Crippen LogP contribution in [0.5, 0.6) is 0 Å². The van der Waals surface area contributed by atoms with E-state index in [1.54, 1.807) is 0 Å². The maximum absolute atomic E-state index is 13.2. The standard InChI is InChI=1S/C21H25N9O/c1-13(29-7-3-6-16(29)10-22)18(23)12-28-11-17-9-19(28)21(31)30(17)15-5-2-4-14(8-15)20-24-26-27-25-20/h2,4-5,8,16-19H,1,3,6-7,9,11-12,23H2,(H,24,25,26,27)/t16?,17-,18?,19?/m0/s1. The van der Waals surface area contributed by atoms with Gasteiger partial charge in [0.05, 0.1) is 24.2 Å². The van der Waals surface area contributed by atoms with Gasteiger partial charge in [0.15, 0.2) is 5.82 Å². The van der Waals surface area contributed by atoms with Crippen LogP contribution in [-0.2, 0) is 4.79 Å². The van der Waals surface area contributed by atoms with Crippen molar-refractivity contribution in [2.75, 3.05) is 24.5 Å². The molecule has 2 bridgehead atoms. The second-order valence-corrected chi connectivity index (χ2v) is 8.45. The zero-order valence-corrected chi connectivity index (χ0v) is 17.2. The van der Waals surface area contributed by atoms with Gasteiger partial charge in [-0.2, -0.15) is 5.26 Å². The minimum absolute atomic E-state index is 0.0954. The number of aromatic nitrogens is 4. The van der Waals surface area contributed by atoms with Gasteiger partial charge in [0, 0.05) is 36.6 Å². The zero-order valence-electron chi connectivity index (χ0n) is 17.2. The van der Waals surface area contributed by atoms with Gasteiger partial charge >= 0.3 is 0 Å². The molecule has 1 amide bonds. The molecular formula is C21H25N9O. The van der Waals surface area contributed by atoms with E-state index in [0.717, 1.165) is 49.3 Å². The Balaban J connectivity index is 1.27. The summed E-state index contributed by atoms with van der Waals surface area (Å²) in [5.41, 5.74) is 8.94. The van der Waals surface area contributed by atoms with Gasteiger partial charge in [0.2, 0.25) is 5.91 Å². The number of hydrogen-bond donors (Lipinski definition) is 2. The first-order valence-corrected chi connectivity index (χ1v) is 10.6. The van der Waals surface area contributed by atoms with Crippen molar-refractivity contribution in [2.24, 2.45) is 5.73 Å². The van der Waals surface area contributed by atoms with Gasteiger partial charge in [-0.15, -0.1) is 5.10 Å². The van der Waals surface area contributed by atoms with Crippen LogP contribution < -0.4 is 10.6 Å². The lowest BCUT2D eigenvalue weighted by Gasteiger charge is -2.36. The summed E-state index contributed by atoms with van der Waals surface area (Å²) in [4.78, 5) is 19.3. The lowest BCUT2D eigenvalue weighted by molar-refractivity contribution is -0.122. The molecule has 3 aliphatic heterocycles. The zero-order chi connectivity index (χ0) is 21.5. The Bertz CT molecular complexity index is 1030. The summed E-state index contributed by atoms with van der Waals surface area (Å²) in [6.45, 7) is 6.32. The Morgan fingerprint density at radius 1 is 1.45 bits per heavy atom. The fourth-order valence-electron chi connectivity index (χ4n) is 5.10. The largest absolute Gasteiger partial charge is 0.358 e. The molecule has 1 aromatic heterocycles. The fraction of sp³-hybridized carbons (Fsp3) is 0.476. The van der Waals surface area contributed by atoms with Crippen LogP contribution in [0.3, 0.4) is 0 Å². The van der Waals surface area contributed by atoms with Gasteiger partial charge < -0.3 is 15.5 Å². The van der Waals surface area contributed by atoms with Crippen LogP contribution >= 0.6 is 0 Å². The van der Waals surface area contributed by atoms with Gasteiger partial charge in [-0.05, 0) is 41.8 Å². The van der Waals surface area contributed by atoms with Crippen molar-refractivity contribution in [1.82, 2.24) is 30.4 Å². The van der Waals surface area contributed by atoms with E-state index in [0.29, 0.717) is 12.4 Å². The number of rotatable bonds is 6. The number of aromatic amines is 1. The van der Waals surface area contributed by atoms with E-state index >= 15 is 0 Å². The molecule has 4 atom stereocenters. The molecule has 3 saturated heterocycles. The number of carbonyl (C=O) groups excluding carboxylic acids is 1. The highest BCUT2D eigenvalue weighted by atomic mass is 16.2. The summed E-state index contributed by atoms with van der Waals surface area (Å²) >= 11 is 0. The predicted octanol–water partition coefficient (Wildman–Crippen LogP) is 0.485. The highest BCUT2D eigenvalue weighted by Gasteiger charge is 2.50. The molecule has 5 rings (SSSR count). The maximum atomic E-state index is 13.2. The van der Waals surface area contributed by atoms with Crippen molar-refractivity contribution >= 4 is 11.6 Å². The highest BCUT2D eigenvalue weighted by Crippen LogP contribution is 2.37. The number of carbonyl (C=O) groups is 1. The number of piperazine rings is 1. The number of H-pyrrole nitrogens is 1. The van der Waals surface area contributed by atoms with Gasteiger partial charge in [-0.25, -0.2) is 5.10 Å². The van der Waals surface area contributed by atoms with Crippen molar-refractivity contribution in [3.05, 3.63) is 36.5 Å². The summed E-state index contributed by atoms with van der Waals surface area (Å²) in [5, 5.41) is 23.3. The number of likely N-dealkylation sites (tertiary alicyclic amines) is 2. The Labute approximate surface area is 180 Å². The van der Waals surface area contributed by atoms with Crippen molar-refractivity contribution in [1.29, 1.82) is 5.26 Å². The van der Waals surface area contributed by atoms with E-state index in [1.807, 2.05) is 34.1 Å². The van der Waals surface area contributed by atoms with Crippen LogP contribution in [0.15, 0.2) is 36.5 Å². The van der Waals surface area contributed by atoms with Gasteiger partial charge in [0.1, 0.15) is 6.04 Å². The quantitative estimate of drug-likeness (QED) is 0.691. The maximum Gasteiger partial charge on any atom is 0.244 e. The summed E-state index contributed by atoms with van der Waals surface area (Å²) < 4.78 is 0. The van der Waals surface area contributed by atoms with Gasteiger partial charge in [0.25, 0.3) is 0 Å². The Morgan fingerprint density at radius 3 is 3.06 bits per heavy atom. The number of anilines is 1. The summed E-state index contributed by atoms with van der Waals surface area (Å²) in [7, 11) is 0. The number of benzene rings is 1. The first-order valence-electron chi connectivity index (χ1n) is 10.6. The van der Waals surface area contributed by atoms with E-state index in [4.69, 9.17) is 5.73 Å². The SMILES string of the molecule is C=C(C(N)CN1C[C@@H]2CC1C(=O)N2c1cccc(-c2nnn[nH]2)c1)N1CCCC1C#N. The van der Waals surface area contributed by atoms with Crippen molar-refractivity contribution in [2.45, 2.75) is 43.4 Å². The summed E-state index contributed by atoms with van der Waals surface area (Å²) in [6.07, 6.45) is 2.62. The van der Waals surface area contributed by atoms with E-state index in [1.165, 1.54) is 0 Å². The molecule has 0 spiro atoms. The van der Waals surface area contributed by atoms with E-state index in [2.05, 4.69) is 38.2 Å². The second kappa shape index (κ2) is 7.76. The van der Waals surface area contributed by atoms with Crippen molar-refractivity contribution in [3.8, 4) is 17.5 Å². The molecule has 160 valence electrons. The fourth-order valence-corrected chi connectivity index (χ4v) is 5.10. The van der Waals surface area contributed by atoms with Crippen molar-refractivity contribution in [3.63, 3.8) is 0 Å². The molecule has 3 N–H and O–H groups in total. The van der Waals surface area contributed by atoms with Crippen LogP contribution in [-0.4, -0.2) is 80.1 Å². The third-order valence-corrected chi connectivity index (χ3v) is 6.64. The molecule has 1 aromatic carbocycles. The normalized spacial score (nSPS) is 26.5. The van der Waals surface area contributed by atoms with Crippen LogP contribution in [0.2, 0.25) is 0 Å². The molecule has 0 saturated carbocycles. The average molecular weight is 419 g/mol. The minimum Gasteiger partial charge on any atom is -0.358 e. The van der Waals surface area contributed by atoms with Crippen LogP contribution in [0.25, 0.3) is 11.4 Å². The smallest absolute Gasteiger partial charge is 0.244 e. The summed E-state index contributed by atoms with van der Waals surface area (Å²) in [6, 6.07) is 9.54. The number of fused-ring (bicyclic) bond motifs is 2. The topological polar surface area (TPSA) is 131 Å². The number of nitrogens with two attached hydrogens (primary N) is 1. The van der Waals surface area contributed by atoms with Crippen LogP contribution in [0.4, 0.5) is 5.69 Å². The molecule has 3 fully saturated rings. The number of amides is 1. The first-order chi connectivity index (χ1) is 15.1. The second-order valence-electron chi connectivity index (χ2n) is 8.45. The Hall–Kier alpha value is -3.29. The van der Waals surface area contributed by atoms with Crippen LogP contribution in [0.1, 0.15) is 19.3 Å². The molecule has 0 radical (unpaired) electrons. The van der Waals surface area contributed by atoms with Crippen LogP contribution in [0, 0.1) is 11.3 Å². The number of nitrogens with zero attached hydrogens (tertiary/aromatic N) is 7. The summed E-state index contributed by atoms with van der Waals surface area (Å²) in [5.74, 6) is 0.667. The molecule has 10 heteroatoms. The molecule has 4 heterocycles. The molecular weight excluding hydrogens is 394 g/mol. The molecule has 3 aliphatic rings.